The number of halogens is 6. The molecule has 0 heterocycles. The third-order valence-corrected chi connectivity index (χ3v) is 0.444. The van der Waals surface area contributed by atoms with Crippen LogP contribution in [0.4, 0.5) is 26.5 Å². The van der Waals surface area contributed by atoms with E-state index >= 15 is 0 Å². The first-order chi connectivity index (χ1) is 4.33. The van der Waals surface area contributed by atoms with E-state index in [1.807, 2.05) is 0 Å². The van der Waals surface area contributed by atoms with Crippen LogP contribution in [-0.4, -0.2) is 11.5 Å². The van der Waals surface area contributed by atoms with Crippen molar-refractivity contribution in [1.29, 1.82) is 0 Å². The second-order valence-electron chi connectivity index (χ2n) is 1.24. The number of nitrogens with zero attached hydrogens (tertiary/aromatic N) is 1. The topological polar surface area (TPSA) is 3.24 Å². The summed E-state index contributed by atoms with van der Waals surface area (Å²) in [6, 6.07) is 0. The Balaban J connectivity index is 4.17. The SMILES string of the molecule is F/C(=C\C(F)(F)F)N(F)F. The first kappa shape index (κ1) is 9.12. The first-order valence-corrected chi connectivity index (χ1v) is 1.89. The zero-order valence-corrected chi connectivity index (χ0v) is 4.29. The number of hydrogen-bond acceptors (Lipinski definition) is 1. The molecule has 0 amide bonds. The Bertz CT molecular complexity index is 134. The third-order valence-electron chi connectivity index (χ3n) is 0.444. The average molecular weight is 165 g/mol. The lowest BCUT2D eigenvalue weighted by Crippen LogP contribution is -2.06. The number of allylic oxidation sites excluding steroid dienone is 1. The summed E-state index contributed by atoms with van der Waals surface area (Å²) in [6.07, 6.45) is -6.20. The van der Waals surface area contributed by atoms with E-state index in [2.05, 4.69) is 0 Å². The Morgan fingerprint density at radius 3 is 1.70 bits per heavy atom. The van der Waals surface area contributed by atoms with E-state index in [4.69, 9.17) is 0 Å². The Hall–Kier alpha value is -0.880. The molecule has 7 heteroatoms. The Kier molecular flexibility index (Phi) is 2.56. The van der Waals surface area contributed by atoms with Gasteiger partial charge in [0.2, 0.25) is 0 Å². The standard InChI is InChI=1S/C3HF6N/c4-2(10(8)9)1-3(5,6)7/h1H/b2-1+. The van der Waals surface area contributed by atoms with E-state index in [9.17, 15) is 26.5 Å². The highest BCUT2D eigenvalue weighted by molar-refractivity contribution is 4.91. The van der Waals surface area contributed by atoms with Crippen LogP contribution in [0, 0.1) is 0 Å². The molecule has 60 valence electrons. The lowest BCUT2D eigenvalue weighted by atomic mass is 10.6. The minimum absolute atomic E-state index is 1.15. The van der Waals surface area contributed by atoms with Crippen molar-refractivity contribution >= 4 is 0 Å². The molecule has 0 bridgehead atoms. The van der Waals surface area contributed by atoms with Gasteiger partial charge in [-0.2, -0.15) is 17.6 Å². The molecule has 1 nitrogen and oxygen atoms in total. The van der Waals surface area contributed by atoms with Gasteiger partial charge in [-0.1, -0.05) is 8.96 Å². The Labute approximate surface area is 51.4 Å². The fraction of sp³-hybridized carbons (Fsp3) is 0.333. The molecule has 0 aromatic rings. The fourth-order valence-corrected chi connectivity index (χ4v) is 0.184. The van der Waals surface area contributed by atoms with Crippen LogP contribution >= 0.6 is 0 Å². The molecule has 0 saturated carbocycles. The molecular formula is C3HF6N. The molecule has 0 aliphatic carbocycles. The van der Waals surface area contributed by atoms with Crippen LogP contribution in [0.5, 0.6) is 0 Å². The maximum absolute atomic E-state index is 11.3. The van der Waals surface area contributed by atoms with E-state index in [1.54, 1.807) is 0 Å². The van der Waals surface area contributed by atoms with E-state index in [0.717, 1.165) is 0 Å². The maximum atomic E-state index is 11.3. The molecule has 0 atom stereocenters. The van der Waals surface area contributed by atoms with Gasteiger partial charge in [-0.15, -0.1) is 0 Å². The Morgan fingerprint density at radius 1 is 1.20 bits per heavy atom. The molecule has 0 aromatic carbocycles. The highest BCUT2D eigenvalue weighted by Gasteiger charge is 2.27. The van der Waals surface area contributed by atoms with Crippen molar-refractivity contribution in [1.82, 2.24) is 5.34 Å². The van der Waals surface area contributed by atoms with E-state index in [-0.39, 0.29) is 0 Å². The highest BCUT2D eigenvalue weighted by Crippen LogP contribution is 2.21. The quantitative estimate of drug-likeness (QED) is 0.327. The molecule has 0 fully saturated rings. The predicted molar refractivity (Wildman–Crippen MR) is 19.3 cm³/mol. The van der Waals surface area contributed by atoms with Crippen LogP contribution in [0.25, 0.3) is 0 Å². The summed E-state index contributed by atoms with van der Waals surface area (Å²) in [7, 11) is 0. The largest absolute Gasteiger partial charge is 0.414 e. The van der Waals surface area contributed by atoms with Crippen LogP contribution < -0.4 is 0 Å². The van der Waals surface area contributed by atoms with Crippen LogP contribution in [0.2, 0.25) is 0 Å². The van der Waals surface area contributed by atoms with Crippen molar-refractivity contribution in [3.63, 3.8) is 0 Å². The number of hydrogen-bond donors (Lipinski definition) is 0. The van der Waals surface area contributed by atoms with Crippen LogP contribution in [0.1, 0.15) is 0 Å². The van der Waals surface area contributed by atoms with Gasteiger partial charge in [0.05, 0.1) is 6.08 Å². The third kappa shape index (κ3) is 4.04. The molecule has 0 aliphatic rings. The van der Waals surface area contributed by atoms with Gasteiger partial charge >= 0.3 is 6.18 Å². The summed E-state index contributed by atoms with van der Waals surface area (Å²) in [6.45, 7) is 0. The van der Waals surface area contributed by atoms with Gasteiger partial charge in [0.15, 0.2) is 0 Å². The van der Waals surface area contributed by atoms with Gasteiger partial charge in [0, 0.05) is 0 Å². The number of alkyl halides is 3. The van der Waals surface area contributed by atoms with Gasteiger partial charge in [-0.3, -0.25) is 0 Å². The Morgan fingerprint density at radius 2 is 1.60 bits per heavy atom. The summed E-state index contributed by atoms with van der Waals surface area (Å²) in [5.41, 5.74) is 0. The van der Waals surface area contributed by atoms with Gasteiger partial charge < -0.3 is 0 Å². The van der Waals surface area contributed by atoms with Crippen LogP contribution in [0.3, 0.4) is 0 Å². The van der Waals surface area contributed by atoms with Crippen molar-refractivity contribution in [3.05, 3.63) is 12.0 Å². The van der Waals surface area contributed by atoms with Gasteiger partial charge in [-0.25, -0.2) is 0 Å². The zero-order valence-electron chi connectivity index (χ0n) is 4.29. The van der Waals surface area contributed by atoms with E-state index in [0.29, 0.717) is 0 Å². The molecule has 0 aliphatic heterocycles. The van der Waals surface area contributed by atoms with Crippen molar-refractivity contribution in [2.45, 2.75) is 6.18 Å². The molecule has 0 N–H and O–H groups in total. The minimum atomic E-state index is -5.06. The fourth-order valence-electron chi connectivity index (χ4n) is 0.184. The highest BCUT2D eigenvalue weighted by atomic mass is 19.4. The lowest BCUT2D eigenvalue weighted by molar-refractivity contribution is -0.146. The summed E-state index contributed by atoms with van der Waals surface area (Å²) in [5.74, 6) is -2.63. The van der Waals surface area contributed by atoms with Gasteiger partial charge in [0.25, 0.3) is 5.95 Å². The molecule has 0 radical (unpaired) electrons. The van der Waals surface area contributed by atoms with Gasteiger partial charge in [0.1, 0.15) is 0 Å². The molecule has 0 aromatic heterocycles. The van der Waals surface area contributed by atoms with Crippen molar-refractivity contribution in [2.75, 3.05) is 0 Å². The smallest absolute Gasteiger partial charge is 0.181 e. The average Bonchev–Trinajstić information content (AvgIpc) is 1.60. The predicted octanol–water partition coefficient (Wildman–Crippen LogP) is 2.43. The van der Waals surface area contributed by atoms with Crippen LogP contribution in [-0.2, 0) is 0 Å². The lowest BCUT2D eigenvalue weighted by Gasteiger charge is -1.99. The van der Waals surface area contributed by atoms with E-state index < -0.39 is 23.5 Å². The molecule has 0 saturated heterocycles. The summed E-state index contributed by atoms with van der Waals surface area (Å²) < 4.78 is 66.0. The van der Waals surface area contributed by atoms with Crippen molar-refractivity contribution in [2.24, 2.45) is 0 Å². The first-order valence-electron chi connectivity index (χ1n) is 1.89. The molecular weight excluding hydrogens is 164 g/mol. The van der Waals surface area contributed by atoms with Crippen molar-refractivity contribution in [3.8, 4) is 0 Å². The van der Waals surface area contributed by atoms with E-state index in [1.165, 1.54) is 0 Å². The summed E-state index contributed by atoms with van der Waals surface area (Å²) in [4.78, 5) is 0. The molecule has 0 spiro atoms. The number of rotatable bonds is 1. The second-order valence-corrected chi connectivity index (χ2v) is 1.24. The minimum Gasteiger partial charge on any atom is -0.181 e. The molecule has 10 heavy (non-hydrogen) atoms. The summed E-state index contributed by atoms with van der Waals surface area (Å²) >= 11 is 0. The summed E-state index contributed by atoms with van der Waals surface area (Å²) in [5, 5.41) is -2.26. The maximum Gasteiger partial charge on any atom is 0.414 e. The van der Waals surface area contributed by atoms with Crippen molar-refractivity contribution < 1.29 is 26.5 Å². The second kappa shape index (κ2) is 2.80. The molecule has 0 rings (SSSR count). The monoisotopic (exact) mass is 165 g/mol. The van der Waals surface area contributed by atoms with Gasteiger partial charge in [-0.05, 0) is 5.34 Å². The zero-order chi connectivity index (χ0) is 8.36. The normalized spacial score (nSPS) is 13.6. The van der Waals surface area contributed by atoms with Crippen LogP contribution in [0.15, 0.2) is 12.0 Å². The molecule has 0 unspecified atom stereocenters.